The highest BCUT2D eigenvalue weighted by molar-refractivity contribution is 6.04. The molecule has 1 fully saturated rings. The molecule has 2 amide bonds. The van der Waals surface area contributed by atoms with E-state index in [1.807, 2.05) is 4.90 Å². The van der Waals surface area contributed by atoms with E-state index in [1.165, 1.54) is 12.1 Å². The van der Waals surface area contributed by atoms with E-state index >= 15 is 0 Å². The monoisotopic (exact) mass is 441 g/mol. The van der Waals surface area contributed by atoms with Gasteiger partial charge in [-0.05, 0) is 31.2 Å². The van der Waals surface area contributed by atoms with Gasteiger partial charge in [0.05, 0.1) is 36.9 Å². The van der Waals surface area contributed by atoms with Crippen LogP contribution in [-0.4, -0.2) is 60.7 Å². The fourth-order valence-corrected chi connectivity index (χ4v) is 3.64. The molecule has 3 heterocycles. The summed E-state index contributed by atoms with van der Waals surface area (Å²) < 4.78 is 10.2. The third kappa shape index (κ3) is 4.47. The third-order valence-electron chi connectivity index (χ3n) is 5.23. The van der Waals surface area contributed by atoms with E-state index in [0.29, 0.717) is 43.5 Å². The van der Waals surface area contributed by atoms with Crippen molar-refractivity contribution in [1.29, 1.82) is 0 Å². The van der Waals surface area contributed by atoms with Gasteiger partial charge in [0, 0.05) is 25.2 Å². The number of nitrogens with one attached hydrogen (secondary N) is 3. The number of H-pyrrole nitrogens is 1. The van der Waals surface area contributed by atoms with Crippen LogP contribution in [0.15, 0.2) is 29.1 Å². The summed E-state index contributed by atoms with van der Waals surface area (Å²) in [4.78, 5) is 58.8. The van der Waals surface area contributed by atoms with Gasteiger partial charge in [-0.1, -0.05) is 0 Å². The summed E-state index contributed by atoms with van der Waals surface area (Å²) in [5, 5.41) is 5.30. The number of nitrogens with zero attached hydrogens (tertiary/aromatic N) is 2. The summed E-state index contributed by atoms with van der Waals surface area (Å²) in [6, 6.07) is 6.16. The molecule has 4 rings (SSSR count). The number of rotatable bonds is 5. The number of carbonyl (C=O) groups excluding carboxylic acids is 3. The van der Waals surface area contributed by atoms with Crippen molar-refractivity contribution in [3.8, 4) is 0 Å². The molecule has 2 aliphatic rings. The third-order valence-corrected chi connectivity index (χ3v) is 5.23. The maximum Gasteiger partial charge on any atom is 0.338 e. The summed E-state index contributed by atoms with van der Waals surface area (Å²) in [5.41, 5.74) is 0.407. The molecule has 1 aromatic heterocycles. The van der Waals surface area contributed by atoms with Crippen LogP contribution in [0.2, 0.25) is 0 Å². The lowest BCUT2D eigenvalue weighted by molar-refractivity contribution is -0.123. The fraction of sp³-hybridized carbons (Fsp3) is 0.381. The van der Waals surface area contributed by atoms with Gasteiger partial charge in [0.1, 0.15) is 5.82 Å². The molecule has 3 N–H and O–H groups in total. The molecule has 0 spiro atoms. The van der Waals surface area contributed by atoms with Gasteiger partial charge in [0.25, 0.3) is 5.56 Å². The van der Waals surface area contributed by atoms with Gasteiger partial charge in [-0.25, -0.2) is 4.79 Å². The number of amides is 2. The fourth-order valence-electron chi connectivity index (χ4n) is 3.64. The smallest absolute Gasteiger partial charge is 0.338 e. The number of carbonyl (C=O) groups is 3. The molecule has 168 valence electrons. The van der Waals surface area contributed by atoms with Crippen LogP contribution >= 0.6 is 0 Å². The number of aromatic nitrogens is 2. The maximum absolute atomic E-state index is 12.9. The molecule has 0 bridgehead atoms. The van der Waals surface area contributed by atoms with E-state index < -0.39 is 29.3 Å². The van der Waals surface area contributed by atoms with Gasteiger partial charge in [-0.2, -0.15) is 4.98 Å². The van der Waals surface area contributed by atoms with Crippen molar-refractivity contribution in [2.45, 2.75) is 19.3 Å². The van der Waals surface area contributed by atoms with Crippen molar-refractivity contribution in [3.63, 3.8) is 0 Å². The second-order valence-corrected chi connectivity index (χ2v) is 7.34. The number of ether oxygens (including phenoxy) is 2. The summed E-state index contributed by atoms with van der Waals surface area (Å²) >= 11 is 0. The minimum absolute atomic E-state index is 0.0873. The molecule has 0 saturated carbocycles. The van der Waals surface area contributed by atoms with E-state index in [-0.39, 0.29) is 24.4 Å². The van der Waals surface area contributed by atoms with Gasteiger partial charge >= 0.3 is 5.97 Å². The van der Waals surface area contributed by atoms with Crippen LogP contribution in [0.5, 0.6) is 0 Å². The van der Waals surface area contributed by atoms with Gasteiger partial charge in [-0.3, -0.25) is 19.4 Å². The zero-order valence-electron chi connectivity index (χ0n) is 17.5. The standard InChI is InChI=1S/C21H23N5O6/c1-2-32-20(30)12-3-5-13(6-4-12)22-18(28)14-11-15(27)23-17-16(14)19(29)25-21(24-17)26-7-9-31-10-8-26/h3-6,14H,2,7-11H2,1H3,(H,22,28)(H2,23,24,25,27,29)/t14-/m0/s1. The number of fused-ring (bicyclic) bond motifs is 1. The predicted octanol–water partition coefficient (Wildman–Crippen LogP) is 0.848. The van der Waals surface area contributed by atoms with Crippen molar-refractivity contribution in [2.24, 2.45) is 0 Å². The highest BCUT2D eigenvalue weighted by Gasteiger charge is 2.35. The number of aromatic amines is 1. The second-order valence-electron chi connectivity index (χ2n) is 7.34. The lowest BCUT2D eigenvalue weighted by atomic mass is 9.92. The lowest BCUT2D eigenvalue weighted by Gasteiger charge is -2.29. The maximum atomic E-state index is 12.9. The minimum atomic E-state index is -1.00. The average molecular weight is 441 g/mol. The molecular weight excluding hydrogens is 418 g/mol. The van der Waals surface area contributed by atoms with Gasteiger partial charge < -0.3 is 25.0 Å². The Kier molecular flexibility index (Phi) is 6.17. The number of hydrogen-bond acceptors (Lipinski definition) is 8. The van der Waals surface area contributed by atoms with Gasteiger partial charge in [0.15, 0.2) is 0 Å². The number of hydrogen-bond donors (Lipinski definition) is 3. The van der Waals surface area contributed by atoms with Crippen LogP contribution in [0.4, 0.5) is 17.5 Å². The quantitative estimate of drug-likeness (QED) is 0.580. The molecule has 32 heavy (non-hydrogen) atoms. The number of anilines is 3. The van der Waals surface area contributed by atoms with Crippen LogP contribution in [-0.2, 0) is 19.1 Å². The average Bonchev–Trinajstić information content (AvgIpc) is 2.79. The number of benzene rings is 1. The topological polar surface area (TPSA) is 143 Å². The van der Waals surface area contributed by atoms with E-state index in [1.54, 1.807) is 19.1 Å². The van der Waals surface area contributed by atoms with E-state index in [2.05, 4.69) is 20.6 Å². The largest absolute Gasteiger partial charge is 0.462 e. The van der Waals surface area contributed by atoms with Crippen LogP contribution in [0, 0.1) is 0 Å². The lowest BCUT2D eigenvalue weighted by Crippen LogP contribution is -2.41. The van der Waals surface area contributed by atoms with Crippen LogP contribution in [0.1, 0.15) is 35.2 Å². The highest BCUT2D eigenvalue weighted by atomic mass is 16.5. The second kappa shape index (κ2) is 9.18. The van der Waals surface area contributed by atoms with Gasteiger partial charge in [-0.15, -0.1) is 0 Å². The Hall–Kier alpha value is -3.73. The van der Waals surface area contributed by atoms with E-state index in [4.69, 9.17) is 9.47 Å². The van der Waals surface area contributed by atoms with E-state index in [9.17, 15) is 19.2 Å². The molecule has 1 aromatic carbocycles. The molecule has 1 atom stereocenters. The number of morpholine rings is 1. The first-order valence-electron chi connectivity index (χ1n) is 10.3. The summed E-state index contributed by atoms with van der Waals surface area (Å²) in [6.45, 7) is 4.10. The number of esters is 1. The summed E-state index contributed by atoms with van der Waals surface area (Å²) in [7, 11) is 0. The minimum Gasteiger partial charge on any atom is -0.462 e. The van der Waals surface area contributed by atoms with Gasteiger partial charge in [0.2, 0.25) is 17.8 Å². The Balaban J connectivity index is 1.55. The molecule has 2 aliphatic heterocycles. The highest BCUT2D eigenvalue weighted by Crippen LogP contribution is 2.30. The Morgan fingerprint density at radius 2 is 1.94 bits per heavy atom. The molecule has 1 saturated heterocycles. The van der Waals surface area contributed by atoms with Crippen molar-refractivity contribution < 1.29 is 23.9 Å². The van der Waals surface area contributed by atoms with Crippen LogP contribution in [0.3, 0.4) is 0 Å². The molecule has 0 aliphatic carbocycles. The molecule has 0 unspecified atom stereocenters. The normalized spacial score (nSPS) is 17.8. The Bertz CT molecular complexity index is 1090. The zero-order chi connectivity index (χ0) is 22.7. The van der Waals surface area contributed by atoms with Crippen LogP contribution < -0.4 is 21.1 Å². The SMILES string of the molecule is CCOC(=O)c1ccc(NC(=O)[C@H]2CC(=O)Nc3nc(N4CCOCC4)[nH]c(=O)c32)cc1. The molecule has 11 nitrogen and oxygen atoms in total. The van der Waals surface area contributed by atoms with Crippen LogP contribution in [0.25, 0.3) is 0 Å². The van der Waals surface area contributed by atoms with Crippen molar-refractivity contribution in [2.75, 3.05) is 48.4 Å². The first-order valence-corrected chi connectivity index (χ1v) is 10.3. The molecule has 0 radical (unpaired) electrons. The van der Waals surface area contributed by atoms with Crippen molar-refractivity contribution in [1.82, 2.24) is 9.97 Å². The Labute approximate surface area is 183 Å². The van der Waals surface area contributed by atoms with E-state index in [0.717, 1.165) is 0 Å². The summed E-state index contributed by atoms with van der Waals surface area (Å²) in [6.07, 6.45) is -0.179. The molecular formula is C21H23N5O6. The van der Waals surface area contributed by atoms with Crippen molar-refractivity contribution >= 4 is 35.2 Å². The first kappa shape index (κ1) is 21.5. The predicted molar refractivity (Wildman–Crippen MR) is 115 cm³/mol. The Morgan fingerprint density at radius 1 is 1.22 bits per heavy atom. The first-order chi connectivity index (χ1) is 15.5. The Morgan fingerprint density at radius 3 is 2.62 bits per heavy atom. The summed E-state index contributed by atoms with van der Waals surface area (Å²) in [5.74, 6) is -1.97. The zero-order valence-corrected chi connectivity index (χ0v) is 17.5. The molecule has 11 heteroatoms. The van der Waals surface area contributed by atoms with Crippen molar-refractivity contribution in [3.05, 3.63) is 45.7 Å². The molecule has 2 aromatic rings.